The van der Waals surface area contributed by atoms with Gasteiger partial charge in [0.05, 0.1) is 4.91 Å². The molecule has 7 nitrogen and oxygen atoms in total. The van der Waals surface area contributed by atoms with E-state index < -0.39 is 35.6 Å². The van der Waals surface area contributed by atoms with Gasteiger partial charge in [0.1, 0.15) is 12.6 Å². The quantitative estimate of drug-likeness (QED) is 0.770. The van der Waals surface area contributed by atoms with Gasteiger partial charge in [0.15, 0.2) is 0 Å². The summed E-state index contributed by atoms with van der Waals surface area (Å²) in [6, 6.07) is 5.92. The number of benzene rings is 1. The number of thioether (sulfide) groups is 1. The van der Waals surface area contributed by atoms with Crippen LogP contribution in [0.1, 0.15) is 24.8 Å². The fraction of sp³-hybridized carbons (Fsp3) is 0.333. The van der Waals surface area contributed by atoms with Crippen molar-refractivity contribution in [3.8, 4) is 0 Å². The maximum atomic E-state index is 12.5. The van der Waals surface area contributed by atoms with Crippen LogP contribution in [-0.4, -0.2) is 57.1 Å². The molecule has 1 atom stereocenters. The molecule has 27 heavy (non-hydrogen) atoms. The lowest BCUT2D eigenvalue weighted by Crippen LogP contribution is -2.51. The van der Waals surface area contributed by atoms with Gasteiger partial charge in [0, 0.05) is 11.6 Å². The molecule has 0 saturated carbocycles. The van der Waals surface area contributed by atoms with Crippen LogP contribution < -0.4 is 0 Å². The van der Waals surface area contributed by atoms with Gasteiger partial charge in [-0.25, -0.2) is 4.79 Å². The second-order valence-corrected chi connectivity index (χ2v) is 7.69. The molecule has 9 heteroatoms. The molecule has 3 rings (SSSR count). The maximum absolute atomic E-state index is 12.5. The van der Waals surface area contributed by atoms with Crippen molar-refractivity contribution in [1.82, 2.24) is 9.80 Å². The van der Waals surface area contributed by atoms with E-state index in [4.69, 9.17) is 11.6 Å². The van der Waals surface area contributed by atoms with E-state index in [2.05, 4.69) is 0 Å². The van der Waals surface area contributed by atoms with E-state index in [1.807, 2.05) is 0 Å². The molecule has 142 valence electrons. The Morgan fingerprint density at radius 3 is 2.78 bits per heavy atom. The first kappa shape index (κ1) is 19.4. The minimum Gasteiger partial charge on any atom is -0.480 e. The van der Waals surface area contributed by atoms with E-state index >= 15 is 0 Å². The van der Waals surface area contributed by atoms with Crippen molar-refractivity contribution in [2.24, 2.45) is 0 Å². The van der Waals surface area contributed by atoms with E-state index in [0.717, 1.165) is 23.1 Å². The summed E-state index contributed by atoms with van der Waals surface area (Å²) in [6.07, 6.45) is 3.34. The molecule has 2 aliphatic heterocycles. The number of piperidine rings is 1. The molecule has 1 aromatic carbocycles. The Morgan fingerprint density at radius 1 is 1.30 bits per heavy atom. The van der Waals surface area contributed by atoms with Gasteiger partial charge in [-0.3, -0.25) is 19.3 Å². The van der Waals surface area contributed by atoms with E-state index in [1.54, 1.807) is 30.3 Å². The fourth-order valence-electron chi connectivity index (χ4n) is 3.10. The maximum Gasteiger partial charge on any atom is 0.326 e. The lowest BCUT2D eigenvalue weighted by Gasteiger charge is -2.33. The average molecular weight is 409 g/mol. The summed E-state index contributed by atoms with van der Waals surface area (Å²) in [7, 11) is 0. The summed E-state index contributed by atoms with van der Waals surface area (Å²) >= 11 is 6.67. The fourth-order valence-corrected chi connectivity index (χ4v) is 4.13. The Bertz CT molecular complexity index is 841. The van der Waals surface area contributed by atoms with Gasteiger partial charge in [-0.05, 0) is 54.8 Å². The van der Waals surface area contributed by atoms with Crippen LogP contribution in [0.4, 0.5) is 4.79 Å². The number of likely N-dealkylation sites (tertiary alicyclic amines) is 1. The first-order valence-corrected chi connectivity index (χ1v) is 9.59. The van der Waals surface area contributed by atoms with Crippen molar-refractivity contribution in [2.45, 2.75) is 25.3 Å². The lowest BCUT2D eigenvalue weighted by atomic mass is 10.0. The zero-order valence-electron chi connectivity index (χ0n) is 14.3. The molecule has 2 aliphatic rings. The number of hydrogen-bond donors (Lipinski definition) is 1. The number of hydrogen-bond acceptors (Lipinski definition) is 5. The van der Waals surface area contributed by atoms with Gasteiger partial charge in [-0.2, -0.15) is 0 Å². The van der Waals surface area contributed by atoms with Crippen LogP contribution >= 0.6 is 23.4 Å². The van der Waals surface area contributed by atoms with Crippen LogP contribution in [0.2, 0.25) is 5.02 Å². The van der Waals surface area contributed by atoms with Crippen molar-refractivity contribution in [2.75, 3.05) is 13.1 Å². The molecule has 2 fully saturated rings. The minimum absolute atomic E-state index is 0.198. The van der Waals surface area contributed by atoms with Crippen molar-refractivity contribution >= 4 is 52.5 Å². The van der Waals surface area contributed by atoms with Crippen LogP contribution in [0.15, 0.2) is 29.2 Å². The molecule has 3 amide bonds. The highest BCUT2D eigenvalue weighted by atomic mass is 35.5. The number of carbonyl (C=O) groups excluding carboxylic acids is 3. The summed E-state index contributed by atoms with van der Waals surface area (Å²) in [6.45, 7) is -0.147. The van der Waals surface area contributed by atoms with E-state index in [1.165, 1.54) is 4.90 Å². The highest BCUT2D eigenvalue weighted by Crippen LogP contribution is 2.32. The van der Waals surface area contributed by atoms with E-state index in [0.29, 0.717) is 30.0 Å². The van der Waals surface area contributed by atoms with Gasteiger partial charge < -0.3 is 10.0 Å². The average Bonchev–Trinajstić information content (AvgIpc) is 2.89. The molecule has 0 radical (unpaired) electrons. The molecular formula is C18H17ClN2O5S. The lowest BCUT2D eigenvalue weighted by molar-refractivity contribution is -0.152. The highest BCUT2D eigenvalue weighted by Gasteiger charge is 2.39. The predicted molar refractivity (Wildman–Crippen MR) is 101 cm³/mol. The Labute approximate surface area is 164 Å². The third-order valence-electron chi connectivity index (χ3n) is 4.42. The summed E-state index contributed by atoms with van der Waals surface area (Å²) in [4.78, 5) is 50.9. The van der Waals surface area contributed by atoms with Crippen LogP contribution in [0, 0.1) is 0 Å². The predicted octanol–water partition coefficient (Wildman–Crippen LogP) is 2.84. The van der Waals surface area contributed by atoms with Crippen LogP contribution in [0.5, 0.6) is 0 Å². The largest absolute Gasteiger partial charge is 0.480 e. The van der Waals surface area contributed by atoms with Gasteiger partial charge >= 0.3 is 5.97 Å². The summed E-state index contributed by atoms with van der Waals surface area (Å²) in [5, 5.41) is 9.24. The monoisotopic (exact) mass is 408 g/mol. The first-order chi connectivity index (χ1) is 12.9. The van der Waals surface area contributed by atoms with Gasteiger partial charge in [-0.15, -0.1) is 0 Å². The SMILES string of the molecule is O=C(O)C1CCCCN1C(=O)CN1C(=O)SC(=Cc2cccc(Cl)c2)C1=O. The molecule has 0 aliphatic carbocycles. The Kier molecular flexibility index (Phi) is 5.86. The molecular weight excluding hydrogens is 392 g/mol. The van der Waals surface area contributed by atoms with Gasteiger partial charge in [0.25, 0.3) is 11.1 Å². The normalized spacial score (nSPS) is 21.8. The van der Waals surface area contributed by atoms with Crippen LogP contribution in [-0.2, 0) is 14.4 Å². The second kappa shape index (κ2) is 8.14. The Hall–Kier alpha value is -2.32. The minimum atomic E-state index is -1.07. The third kappa shape index (κ3) is 4.33. The number of nitrogens with zero attached hydrogens (tertiary/aromatic N) is 2. The van der Waals surface area contributed by atoms with Crippen molar-refractivity contribution in [3.05, 3.63) is 39.8 Å². The van der Waals surface area contributed by atoms with Crippen LogP contribution in [0.25, 0.3) is 6.08 Å². The van der Waals surface area contributed by atoms with Crippen molar-refractivity contribution in [1.29, 1.82) is 0 Å². The van der Waals surface area contributed by atoms with Gasteiger partial charge in [0.2, 0.25) is 5.91 Å². The highest BCUT2D eigenvalue weighted by molar-refractivity contribution is 8.18. The summed E-state index contributed by atoms with van der Waals surface area (Å²) < 4.78 is 0. The first-order valence-electron chi connectivity index (χ1n) is 8.40. The number of imide groups is 1. The van der Waals surface area contributed by atoms with Crippen molar-refractivity contribution < 1.29 is 24.3 Å². The third-order valence-corrected chi connectivity index (χ3v) is 5.56. The molecule has 1 aromatic rings. The molecule has 0 bridgehead atoms. The van der Waals surface area contributed by atoms with Gasteiger partial charge in [-0.1, -0.05) is 23.7 Å². The molecule has 2 saturated heterocycles. The number of halogens is 1. The molecule has 0 aromatic heterocycles. The standard InChI is InChI=1S/C18H17ClN2O5S/c19-12-5-3-4-11(8-12)9-14-16(23)21(18(26)27-14)10-15(22)20-7-2-1-6-13(20)17(24)25/h3-5,8-9,13H,1-2,6-7,10H2,(H,24,25). The second-order valence-electron chi connectivity index (χ2n) is 6.26. The zero-order chi connectivity index (χ0) is 19.6. The summed E-state index contributed by atoms with van der Waals surface area (Å²) in [5.41, 5.74) is 0.668. The summed E-state index contributed by atoms with van der Waals surface area (Å²) in [5.74, 6) is -2.17. The van der Waals surface area contributed by atoms with E-state index in [-0.39, 0.29) is 4.91 Å². The molecule has 1 unspecified atom stereocenters. The Morgan fingerprint density at radius 2 is 2.07 bits per heavy atom. The Balaban J connectivity index is 1.73. The molecule has 2 heterocycles. The number of aliphatic carboxylic acids is 1. The van der Waals surface area contributed by atoms with Crippen LogP contribution in [0.3, 0.4) is 0 Å². The molecule has 1 N–H and O–H groups in total. The number of rotatable bonds is 4. The number of amides is 3. The van der Waals surface area contributed by atoms with Crippen molar-refractivity contribution in [3.63, 3.8) is 0 Å². The topological polar surface area (TPSA) is 95.0 Å². The smallest absolute Gasteiger partial charge is 0.326 e. The van der Waals surface area contributed by atoms with E-state index in [9.17, 15) is 24.3 Å². The number of carbonyl (C=O) groups is 4. The number of carboxylic acid groups (broad SMARTS) is 1. The number of carboxylic acids is 1. The molecule has 0 spiro atoms. The zero-order valence-corrected chi connectivity index (χ0v) is 15.8.